The van der Waals surface area contributed by atoms with Crippen LogP contribution in [0.15, 0.2) is 41.3 Å². The van der Waals surface area contributed by atoms with Crippen molar-refractivity contribution in [3.05, 3.63) is 57.8 Å². The van der Waals surface area contributed by atoms with Crippen LogP contribution in [0.5, 0.6) is 0 Å². The van der Waals surface area contributed by atoms with Gasteiger partial charge in [0.1, 0.15) is 5.82 Å². The molecule has 0 aliphatic carbocycles. The van der Waals surface area contributed by atoms with Gasteiger partial charge in [-0.3, -0.25) is 4.79 Å². The van der Waals surface area contributed by atoms with Crippen LogP contribution in [0.4, 0.5) is 10.1 Å². The van der Waals surface area contributed by atoms with Crippen LogP contribution < -0.4 is 5.32 Å². The van der Waals surface area contributed by atoms with E-state index in [1.165, 1.54) is 28.6 Å². The summed E-state index contributed by atoms with van der Waals surface area (Å²) in [7, 11) is -3.64. The summed E-state index contributed by atoms with van der Waals surface area (Å²) in [5.41, 5.74) is -0.0445. The van der Waals surface area contributed by atoms with Gasteiger partial charge in [-0.2, -0.15) is 4.31 Å². The van der Waals surface area contributed by atoms with Gasteiger partial charge in [0.05, 0.1) is 20.5 Å². The number of anilines is 1. The van der Waals surface area contributed by atoms with Gasteiger partial charge in [0, 0.05) is 18.8 Å². The van der Waals surface area contributed by atoms with E-state index in [-0.39, 0.29) is 26.2 Å². The summed E-state index contributed by atoms with van der Waals surface area (Å²) in [5, 5.41) is 2.09. The Kier molecular flexibility index (Phi) is 6.97. The van der Waals surface area contributed by atoms with E-state index >= 15 is 0 Å². The van der Waals surface area contributed by atoms with Crippen LogP contribution in [0.2, 0.25) is 10.0 Å². The van der Waals surface area contributed by atoms with E-state index in [9.17, 15) is 22.4 Å². The zero-order valence-corrected chi connectivity index (χ0v) is 17.9. The lowest BCUT2D eigenvalue weighted by molar-refractivity contribution is -0.119. The van der Waals surface area contributed by atoms with Crippen molar-refractivity contribution in [2.75, 3.05) is 25.0 Å². The molecule has 0 saturated carbocycles. The van der Waals surface area contributed by atoms with Gasteiger partial charge in [-0.1, -0.05) is 29.3 Å². The predicted octanol–water partition coefficient (Wildman–Crippen LogP) is 3.71. The van der Waals surface area contributed by atoms with Gasteiger partial charge in [-0.05, 0) is 43.2 Å². The highest BCUT2D eigenvalue weighted by atomic mass is 35.5. The molecule has 30 heavy (non-hydrogen) atoms. The molecule has 1 fully saturated rings. The van der Waals surface area contributed by atoms with Crippen molar-refractivity contribution in [1.82, 2.24) is 4.31 Å². The predicted molar refractivity (Wildman–Crippen MR) is 110 cm³/mol. The van der Waals surface area contributed by atoms with E-state index in [4.69, 9.17) is 27.9 Å². The summed E-state index contributed by atoms with van der Waals surface area (Å²) in [5.74, 6) is -2.56. The van der Waals surface area contributed by atoms with E-state index in [1.807, 2.05) is 0 Å². The van der Waals surface area contributed by atoms with Crippen LogP contribution in [0.3, 0.4) is 0 Å². The second-order valence-corrected chi connectivity index (χ2v) is 9.26. The average Bonchev–Trinajstić information content (AvgIpc) is 3.25. The molecule has 1 saturated heterocycles. The Balaban J connectivity index is 1.63. The van der Waals surface area contributed by atoms with E-state index in [0.29, 0.717) is 13.1 Å². The summed E-state index contributed by atoms with van der Waals surface area (Å²) in [6.45, 7) is 0.244. The molecule has 0 unspecified atom stereocenters. The summed E-state index contributed by atoms with van der Waals surface area (Å²) in [4.78, 5) is 24.2. The molecule has 160 valence electrons. The molecule has 1 aliphatic heterocycles. The second kappa shape index (κ2) is 9.30. The number of carbonyl (C=O) groups excluding carboxylic acids is 2. The average molecular weight is 475 g/mol. The van der Waals surface area contributed by atoms with Crippen molar-refractivity contribution in [2.24, 2.45) is 0 Å². The number of benzene rings is 2. The summed E-state index contributed by atoms with van der Waals surface area (Å²) in [6, 6.07) is 7.66. The van der Waals surface area contributed by atoms with Crippen LogP contribution in [0.25, 0.3) is 0 Å². The Bertz CT molecular complexity index is 1090. The minimum atomic E-state index is -3.64. The fourth-order valence-electron chi connectivity index (χ4n) is 2.90. The number of halogens is 3. The molecule has 0 radical (unpaired) electrons. The van der Waals surface area contributed by atoms with Crippen LogP contribution in [-0.4, -0.2) is 44.3 Å². The lowest BCUT2D eigenvalue weighted by Gasteiger charge is -2.16. The Morgan fingerprint density at radius 1 is 1.10 bits per heavy atom. The van der Waals surface area contributed by atoms with Gasteiger partial charge in [-0.25, -0.2) is 17.6 Å². The minimum absolute atomic E-state index is 0.0580. The molecular weight excluding hydrogens is 458 g/mol. The number of carbonyl (C=O) groups is 2. The fraction of sp³-hybridized carbons (Fsp3) is 0.263. The number of nitrogens with one attached hydrogen (secondary N) is 1. The fourth-order valence-corrected chi connectivity index (χ4v) is 4.92. The van der Waals surface area contributed by atoms with E-state index in [1.54, 1.807) is 0 Å². The zero-order valence-electron chi connectivity index (χ0n) is 15.5. The number of amides is 1. The Morgan fingerprint density at radius 3 is 2.50 bits per heavy atom. The van der Waals surface area contributed by atoms with E-state index in [2.05, 4.69) is 5.32 Å². The summed E-state index contributed by atoms with van der Waals surface area (Å²) < 4.78 is 45.0. The van der Waals surface area contributed by atoms with Crippen LogP contribution in [0, 0.1) is 5.82 Å². The molecule has 11 heteroatoms. The van der Waals surface area contributed by atoms with E-state index in [0.717, 1.165) is 25.0 Å². The Hall–Kier alpha value is -2.20. The normalized spacial score (nSPS) is 14.5. The first-order valence-corrected chi connectivity index (χ1v) is 11.1. The first kappa shape index (κ1) is 22.5. The van der Waals surface area contributed by atoms with Crippen LogP contribution in [0.1, 0.15) is 23.2 Å². The van der Waals surface area contributed by atoms with E-state index < -0.39 is 34.3 Å². The lowest BCUT2D eigenvalue weighted by Crippen LogP contribution is -2.28. The standard InChI is InChI=1S/C19H17Cl2FN2O5S/c20-15-10-16(21)17(22)9-14(15)19(26)29-11-18(25)23-12-4-3-5-13(8-12)30(27,28)24-6-1-2-7-24/h3-5,8-10H,1-2,6-7,11H2,(H,23,25). The lowest BCUT2D eigenvalue weighted by atomic mass is 10.2. The first-order chi connectivity index (χ1) is 14.2. The zero-order chi connectivity index (χ0) is 21.9. The molecule has 2 aromatic rings. The third kappa shape index (κ3) is 5.10. The van der Waals surface area contributed by atoms with Gasteiger partial charge in [0.25, 0.3) is 5.91 Å². The SMILES string of the molecule is O=C(COC(=O)c1cc(F)c(Cl)cc1Cl)Nc1cccc(S(=O)(=O)N2CCCC2)c1. The topological polar surface area (TPSA) is 92.8 Å². The third-order valence-corrected chi connectivity index (χ3v) is 6.88. The maximum Gasteiger partial charge on any atom is 0.340 e. The van der Waals surface area contributed by atoms with Crippen molar-refractivity contribution in [1.29, 1.82) is 0 Å². The molecular formula is C19H17Cl2FN2O5S. The number of hydrogen-bond donors (Lipinski definition) is 1. The molecule has 1 amide bonds. The van der Waals surface area contributed by atoms with Crippen molar-refractivity contribution in [2.45, 2.75) is 17.7 Å². The van der Waals surface area contributed by atoms with Gasteiger partial charge < -0.3 is 10.1 Å². The van der Waals surface area contributed by atoms with Gasteiger partial charge in [0.2, 0.25) is 10.0 Å². The molecule has 3 rings (SSSR count). The quantitative estimate of drug-likeness (QED) is 0.508. The monoisotopic (exact) mass is 474 g/mol. The Morgan fingerprint density at radius 2 is 1.80 bits per heavy atom. The number of sulfonamides is 1. The minimum Gasteiger partial charge on any atom is -0.452 e. The second-order valence-electron chi connectivity index (χ2n) is 6.51. The molecule has 1 N–H and O–H groups in total. The number of rotatable bonds is 6. The van der Waals surface area contributed by atoms with Gasteiger partial charge in [0.15, 0.2) is 6.61 Å². The molecule has 0 aromatic heterocycles. The maximum atomic E-state index is 13.5. The van der Waals surface area contributed by atoms with Crippen molar-refractivity contribution in [3.63, 3.8) is 0 Å². The highest BCUT2D eigenvalue weighted by Crippen LogP contribution is 2.25. The Labute approximate surface area is 182 Å². The molecule has 0 bridgehead atoms. The molecule has 0 spiro atoms. The van der Waals surface area contributed by atoms with Gasteiger partial charge in [-0.15, -0.1) is 0 Å². The van der Waals surface area contributed by atoms with Crippen LogP contribution >= 0.6 is 23.2 Å². The highest BCUT2D eigenvalue weighted by Gasteiger charge is 2.27. The summed E-state index contributed by atoms with van der Waals surface area (Å²) >= 11 is 11.4. The number of ether oxygens (including phenoxy) is 1. The van der Waals surface area contributed by atoms with Crippen molar-refractivity contribution < 1.29 is 27.1 Å². The molecule has 1 heterocycles. The number of hydrogen-bond acceptors (Lipinski definition) is 5. The first-order valence-electron chi connectivity index (χ1n) is 8.90. The van der Waals surface area contributed by atoms with Gasteiger partial charge >= 0.3 is 5.97 Å². The molecule has 1 aliphatic rings. The maximum absolute atomic E-state index is 13.5. The number of esters is 1. The summed E-state index contributed by atoms with van der Waals surface area (Å²) in [6.07, 6.45) is 1.62. The van der Waals surface area contributed by atoms with Crippen molar-refractivity contribution in [3.8, 4) is 0 Å². The highest BCUT2D eigenvalue weighted by molar-refractivity contribution is 7.89. The third-order valence-electron chi connectivity index (χ3n) is 4.38. The van der Waals surface area contributed by atoms with Crippen LogP contribution in [-0.2, 0) is 19.6 Å². The largest absolute Gasteiger partial charge is 0.452 e. The molecule has 7 nitrogen and oxygen atoms in total. The molecule has 0 atom stereocenters. The smallest absolute Gasteiger partial charge is 0.340 e. The molecule has 2 aromatic carbocycles. The van der Waals surface area contributed by atoms with Crippen molar-refractivity contribution >= 4 is 50.8 Å². The number of nitrogens with zero attached hydrogens (tertiary/aromatic N) is 1.